The molecule has 3 N–H and O–H groups in total. The molecule has 0 aromatic heterocycles. The minimum atomic E-state index is -4.38. The van der Waals surface area contributed by atoms with Crippen LogP contribution < -0.4 is 5.73 Å². The summed E-state index contributed by atoms with van der Waals surface area (Å²) in [6.07, 6.45) is 56.1. The second-order valence-electron chi connectivity index (χ2n) is 13.5. The van der Waals surface area contributed by atoms with Gasteiger partial charge in [-0.1, -0.05) is 155 Å². The molecule has 0 aliphatic rings. The molecule has 0 amide bonds. The molecule has 2 unspecified atom stereocenters. The second kappa shape index (κ2) is 42.3. The van der Waals surface area contributed by atoms with Crippen LogP contribution in [0, 0.1) is 0 Å². The largest absolute Gasteiger partial charge is 0.472 e. The van der Waals surface area contributed by atoms with Crippen LogP contribution in [0.5, 0.6) is 0 Å². The summed E-state index contributed by atoms with van der Waals surface area (Å²) in [6.45, 7) is 3.44. The topological polar surface area (TPSA) is 134 Å². The van der Waals surface area contributed by atoms with Crippen LogP contribution in [-0.2, 0) is 32.7 Å². The van der Waals surface area contributed by atoms with Gasteiger partial charge in [-0.3, -0.25) is 18.6 Å². The molecule has 0 spiro atoms. The van der Waals surface area contributed by atoms with E-state index in [9.17, 15) is 19.0 Å². The van der Waals surface area contributed by atoms with E-state index in [1.165, 1.54) is 0 Å². The van der Waals surface area contributed by atoms with Crippen molar-refractivity contribution in [1.82, 2.24) is 0 Å². The number of phosphoric ester groups is 1. The van der Waals surface area contributed by atoms with E-state index in [-0.39, 0.29) is 32.6 Å². The Bertz CT molecular complexity index is 1290. The highest BCUT2D eigenvalue weighted by Gasteiger charge is 2.25. The quantitative estimate of drug-likeness (QED) is 0.0270. The smallest absolute Gasteiger partial charge is 0.462 e. The molecular weight excluding hydrogens is 737 g/mol. The highest BCUT2D eigenvalue weighted by atomic mass is 31.2. The zero-order valence-corrected chi connectivity index (χ0v) is 36.2. The van der Waals surface area contributed by atoms with Gasteiger partial charge in [0.25, 0.3) is 0 Å². The first-order valence-corrected chi connectivity index (χ1v) is 22.9. The third kappa shape index (κ3) is 42.1. The standard InChI is InChI=1S/C47H76NO8P/c1-3-5-7-9-10-11-12-13-14-15-16-17-18-19-20-21-22-23-24-25-26-27-28-29-30-31-32-33-34-36-38-40-47(50)56-45(44-55-57(51,52)54-42-41-48)43-53-46(49)39-37-35-8-6-4-2/h5,7,10-11,13-14,16-17,19-20,22-23,25-26,28-29,31-32,45H,3-4,6,8-9,12,15,18,21,24,27,30,33-44,48H2,1-2H3,(H,51,52)/b7-5-,11-10-,14-13-,17-16-,20-19-,23-22-,26-25-,29-28-,32-31-. The van der Waals surface area contributed by atoms with Crippen LogP contribution in [0.15, 0.2) is 109 Å². The average Bonchev–Trinajstić information content (AvgIpc) is 3.20. The highest BCUT2D eigenvalue weighted by molar-refractivity contribution is 7.47. The lowest BCUT2D eigenvalue weighted by molar-refractivity contribution is -0.161. The lowest BCUT2D eigenvalue weighted by Gasteiger charge is -2.19. The van der Waals surface area contributed by atoms with Crippen LogP contribution in [0.3, 0.4) is 0 Å². The SMILES string of the molecule is CC/C=C\C/C=C\C/C=C\C/C=C\C/C=C\C/C=C\C/C=C\C/C=C\C/C=C\CCCCCC(=O)OC(COC(=O)CCCCCCC)COP(=O)(O)OCCN. The van der Waals surface area contributed by atoms with Gasteiger partial charge in [0.05, 0.1) is 13.2 Å². The molecule has 0 fully saturated rings. The zero-order chi connectivity index (χ0) is 41.8. The summed E-state index contributed by atoms with van der Waals surface area (Å²) < 4.78 is 32.4. The fraction of sp³-hybridized carbons (Fsp3) is 0.574. The van der Waals surface area contributed by atoms with Crippen LogP contribution in [0.25, 0.3) is 0 Å². The summed E-state index contributed by atoms with van der Waals surface area (Å²) in [7, 11) is -4.38. The van der Waals surface area contributed by atoms with Gasteiger partial charge in [0.1, 0.15) is 6.61 Å². The highest BCUT2D eigenvalue weighted by Crippen LogP contribution is 2.43. The van der Waals surface area contributed by atoms with E-state index in [0.717, 1.165) is 109 Å². The summed E-state index contributed by atoms with van der Waals surface area (Å²) >= 11 is 0. The van der Waals surface area contributed by atoms with E-state index in [2.05, 4.69) is 123 Å². The first-order valence-electron chi connectivity index (χ1n) is 21.4. The van der Waals surface area contributed by atoms with Crippen LogP contribution in [-0.4, -0.2) is 49.3 Å². The van der Waals surface area contributed by atoms with E-state index < -0.39 is 32.5 Å². The molecular formula is C47H76NO8P. The van der Waals surface area contributed by atoms with E-state index in [0.29, 0.717) is 6.42 Å². The average molecular weight is 814 g/mol. The fourth-order valence-corrected chi connectivity index (χ4v) is 5.80. The van der Waals surface area contributed by atoms with Gasteiger partial charge in [0.2, 0.25) is 0 Å². The molecule has 0 bridgehead atoms. The third-order valence-corrected chi connectivity index (χ3v) is 9.16. The molecule has 10 heteroatoms. The van der Waals surface area contributed by atoms with Gasteiger partial charge >= 0.3 is 19.8 Å². The monoisotopic (exact) mass is 814 g/mol. The summed E-state index contributed by atoms with van der Waals surface area (Å²) in [4.78, 5) is 34.5. The fourth-order valence-electron chi connectivity index (χ4n) is 5.04. The summed E-state index contributed by atoms with van der Waals surface area (Å²) in [5.74, 6) is -0.894. The number of nitrogens with two attached hydrogens (primary N) is 1. The van der Waals surface area contributed by atoms with E-state index in [1.807, 2.05) is 0 Å². The number of rotatable bonds is 38. The van der Waals surface area contributed by atoms with Crippen LogP contribution in [0.1, 0.15) is 142 Å². The number of hydrogen-bond acceptors (Lipinski definition) is 8. The van der Waals surface area contributed by atoms with Crippen molar-refractivity contribution in [3.05, 3.63) is 109 Å². The molecule has 0 aromatic carbocycles. The van der Waals surface area contributed by atoms with Gasteiger partial charge in [0.15, 0.2) is 6.10 Å². The predicted molar refractivity (Wildman–Crippen MR) is 238 cm³/mol. The minimum Gasteiger partial charge on any atom is -0.462 e. The normalized spacial score (nSPS) is 14.4. The Balaban J connectivity index is 4.08. The Morgan fingerprint density at radius 1 is 0.544 bits per heavy atom. The summed E-state index contributed by atoms with van der Waals surface area (Å²) in [5.41, 5.74) is 5.32. The molecule has 57 heavy (non-hydrogen) atoms. The molecule has 0 saturated carbocycles. The van der Waals surface area contributed by atoms with Crippen molar-refractivity contribution in [3.8, 4) is 0 Å². The van der Waals surface area contributed by atoms with Crippen molar-refractivity contribution in [2.24, 2.45) is 5.73 Å². The lowest BCUT2D eigenvalue weighted by Crippen LogP contribution is -2.29. The number of carbonyl (C=O) groups is 2. The van der Waals surface area contributed by atoms with Crippen molar-refractivity contribution >= 4 is 19.8 Å². The van der Waals surface area contributed by atoms with Crippen LogP contribution in [0.2, 0.25) is 0 Å². The first-order chi connectivity index (χ1) is 27.8. The molecule has 0 saturated heterocycles. The molecule has 0 aromatic rings. The Morgan fingerprint density at radius 2 is 0.965 bits per heavy atom. The van der Waals surface area contributed by atoms with E-state index >= 15 is 0 Å². The zero-order valence-electron chi connectivity index (χ0n) is 35.3. The van der Waals surface area contributed by atoms with Gasteiger partial charge in [0, 0.05) is 19.4 Å². The predicted octanol–water partition coefficient (Wildman–Crippen LogP) is 12.4. The Labute approximate surface area is 346 Å². The second-order valence-corrected chi connectivity index (χ2v) is 14.9. The number of phosphoric acid groups is 1. The molecule has 0 heterocycles. The number of unbranched alkanes of at least 4 members (excludes halogenated alkanes) is 7. The molecule has 0 radical (unpaired) electrons. The van der Waals surface area contributed by atoms with Gasteiger partial charge in [-0.25, -0.2) is 4.57 Å². The van der Waals surface area contributed by atoms with Crippen molar-refractivity contribution in [2.45, 2.75) is 148 Å². The van der Waals surface area contributed by atoms with Crippen LogP contribution in [0.4, 0.5) is 0 Å². The first kappa shape index (κ1) is 53.7. The maximum Gasteiger partial charge on any atom is 0.472 e. The van der Waals surface area contributed by atoms with Gasteiger partial charge < -0.3 is 20.1 Å². The summed E-state index contributed by atoms with van der Waals surface area (Å²) in [6, 6.07) is 0. The Kier molecular flexibility index (Phi) is 39.8. The number of hydrogen-bond donors (Lipinski definition) is 2. The molecule has 0 aliphatic carbocycles. The van der Waals surface area contributed by atoms with E-state index in [1.54, 1.807) is 0 Å². The number of ether oxygens (including phenoxy) is 2. The minimum absolute atomic E-state index is 0.0418. The van der Waals surface area contributed by atoms with Crippen molar-refractivity contribution in [2.75, 3.05) is 26.4 Å². The Hall–Kier alpha value is -3.33. The van der Waals surface area contributed by atoms with Gasteiger partial charge in [-0.2, -0.15) is 0 Å². The maximum absolute atomic E-state index is 12.5. The molecule has 0 rings (SSSR count). The number of esters is 2. The third-order valence-electron chi connectivity index (χ3n) is 8.17. The van der Waals surface area contributed by atoms with Crippen molar-refractivity contribution in [1.29, 1.82) is 0 Å². The van der Waals surface area contributed by atoms with E-state index in [4.69, 9.17) is 24.3 Å². The molecule has 0 aliphatic heterocycles. The van der Waals surface area contributed by atoms with Gasteiger partial charge in [-0.15, -0.1) is 0 Å². The molecule has 9 nitrogen and oxygen atoms in total. The molecule has 2 atom stereocenters. The Morgan fingerprint density at radius 3 is 1.42 bits per heavy atom. The van der Waals surface area contributed by atoms with Crippen molar-refractivity contribution < 1.29 is 37.6 Å². The summed E-state index contributed by atoms with van der Waals surface area (Å²) in [5, 5.41) is 0. The number of allylic oxidation sites excluding steroid dienone is 18. The molecule has 322 valence electrons. The number of carbonyl (C=O) groups excluding carboxylic acids is 2. The van der Waals surface area contributed by atoms with Crippen molar-refractivity contribution in [3.63, 3.8) is 0 Å². The van der Waals surface area contributed by atoms with Gasteiger partial charge in [-0.05, 0) is 83.5 Å². The lowest BCUT2D eigenvalue weighted by atomic mass is 10.1. The van der Waals surface area contributed by atoms with Crippen LogP contribution >= 0.6 is 7.82 Å². The maximum atomic E-state index is 12.5.